The third kappa shape index (κ3) is 5.97. The highest BCUT2D eigenvalue weighted by Gasteiger charge is 2.30. The molecule has 0 fully saturated rings. The van der Waals surface area contributed by atoms with Crippen LogP contribution in [0.4, 0.5) is 18.9 Å². The maximum atomic E-state index is 12.8. The summed E-state index contributed by atoms with van der Waals surface area (Å²) in [4.78, 5) is 19.1. The normalized spacial score (nSPS) is 11.7. The summed E-state index contributed by atoms with van der Waals surface area (Å²) < 4.78 is 43.2. The summed E-state index contributed by atoms with van der Waals surface area (Å²) >= 11 is 1.46. The van der Waals surface area contributed by atoms with Crippen LogP contribution in [0.15, 0.2) is 54.6 Å². The number of rotatable bonds is 7. The van der Waals surface area contributed by atoms with Gasteiger partial charge >= 0.3 is 12.1 Å². The Morgan fingerprint density at radius 1 is 1.12 bits per heavy atom. The lowest BCUT2D eigenvalue weighted by Crippen LogP contribution is -2.17. The van der Waals surface area contributed by atoms with E-state index in [1.165, 1.54) is 29.5 Å². The van der Waals surface area contributed by atoms with E-state index in [0.29, 0.717) is 23.7 Å². The second kappa shape index (κ2) is 9.99. The van der Waals surface area contributed by atoms with Gasteiger partial charge in [-0.1, -0.05) is 24.3 Å². The molecule has 0 radical (unpaired) electrons. The number of nitrogens with zero attached hydrogens (tertiary/aromatic N) is 2. The molecule has 0 aliphatic rings. The predicted octanol–water partition coefficient (Wildman–Crippen LogP) is 6.35. The average molecular weight is 461 g/mol. The molecular weight excluding hydrogens is 437 g/mol. The minimum atomic E-state index is -4.35. The molecule has 0 N–H and O–H groups in total. The Morgan fingerprint density at radius 2 is 1.78 bits per heavy atom. The first kappa shape index (κ1) is 23.5. The maximum Gasteiger partial charge on any atom is 0.416 e. The lowest BCUT2D eigenvalue weighted by molar-refractivity contribution is -0.138. The van der Waals surface area contributed by atoms with Gasteiger partial charge in [-0.3, -0.25) is 0 Å². The molecule has 0 saturated carbocycles. The summed E-state index contributed by atoms with van der Waals surface area (Å²) in [7, 11) is 1.94. The van der Waals surface area contributed by atoms with Crippen LogP contribution in [0.3, 0.4) is 0 Å². The second-order valence-corrected chi connectivity index (χ2v) is 8.33. The number of hydrogen-bond donors (Lipinski definition) is 0. The average Bonchev–Trinajstić information content (AvgIpc) is 3.12. The third-order valence-electron chi connectivity index (χ3n) is 4.77. The molecule has 1 heterocycles. The highest BCUT2D eigenvalue weighted by atomic mass is 32.1. The van der Waals surface area contributed by atoms with Crippen molar-refractivity contribution >= 4 is 29.1 Å². The zero-order valence-corrected chi connectivity index (χ0v) is 18.8. The molecular formula is C24H23F3N2O2S. The van der Waals surface area contributed by atoms with E-state index in [4.69, 9.17) is 4.74 Å². The van der Waals surface area contributed by atoms with Crippen LogP contribution in [0, 0.1) is 6.92 Å². The van der Waals surface area contributed by atoms with Crippen molar-refractivity contribution in [2.75, 3.05) is 18.6 Å². The van der Waals surface area contributed by atoms with E-state index < -0.39 is 11.7 Å². The highest BCUT2D eigenvalue weighted by molar-refractivity contribution is 7.15. The van der Waals surface area contributed by atoms with Gasteiger partial charge in [-0.2, -0.15) is 13.2 Å². The van der Waals surface area contributed by atoms with Crippen molar-refractivity contribution in [2.45, 2.75) is 26.6 Å². The fourth-order valence-corrected chi connectivity index (χ4v) is 3.94. The fourth-order valence-electron chi connectivity index (χ4n) is 3.01. The summed E-state index contributed by atoms with van der Waals surface area (Å²) in [5.74, 6) is -0.378. The van der Waals surface area contributed by atoms with E-state index >= 15 is 0 Å². The number of thiazole rings is 1. The van der Waals surface area contributed by atoms with Crippen LogP contribution in [-0.2, 0) is 22.3 Å². The quantitative estimate of drug-likeness (QED) is 0.304. The SMILES string of the molecule is CCOC(=O)/C=C/c1ccc(N(C)Cc2nc(-c3ccc(C(F)(F)F)cc3)sc2C)cc1. The minimum Gasteiger partial charge on any atom is -0.463 e. The van der Waals surface area contributed by atoms with Gasteiger partial charge in [0.15, 0.2) is 0 Å². The molecule has 3 aromatic rings. The number of anilines is 1. The summed E-state index contributed by atoms with van der Waals surface area (Å²) in [5.41, 5.74) is 2.72. The van der Waals surface area contributed by atoms with E-state index in [1.807, 2.05) is 43.1 Å². The molecule has 0 aliphatic heterocycles. The number of esters is 1. The molecule has 4 nitrogen and oxygen atoms in total. The Labute approximate surface area is 189 Å². The first-order valence-corrected chi connectivity index (χ1v) is 10.8. The lowest BCUT2D eigenvalue weighted by atomic mass is 10.1. The van der Waals surface area contributed by atoms with E-state index in [0.717, 1.165) is 34.0 Å². The molecule has 8 heteroatoms. The van der Waals surface area contributed by atoms with Gasteiger partial charge in [-0.05, 0) is 49.8 Å². The van der Waals surface area contributed by atoms with Crippen molar-refractivity contribution < 1.29 is 22.7 Å². The Morgan fingerprint density at radius 3 is 2.38 bits per heavy atom. The number of alkyl halides is 3. The molecule has 1 aromatic heterocycles. The summed E-state index contributed by atoms with van der Waals surface area (Å²) in [5, 5.41) is 0.694. The molecule has 0 unspecified atom stereocenters. The topological polar surface area (TPSA) is 42.4 Å². The number of halogens is 3. The summed E-state index contributed by atoms with van der Waals surface area (Å²) in [6.45, 7) is 4.61. The smallest absolute Gasteiger partial charge is 0.416 e. The number of ether oxygens (including phenoxy) is 1. The van der Waals surface area contributed by atoms with Crippen molar-refractivity contribution in [1.82, 2.24) is 4.98 Å². The van der Waals surface area contributed by atoms with Gasteiger partial charge in [-0.15, -0.1) is 11.3 Å². The molecule has 0 spiro atoms. The van der Waals surface area contributed by atoms with Crippen LogP contribution in [0.2, 0.25) is 0 Å². The number of hydrogen-bond acceptors (Lipinski definition) is 5. The molecule has 32 heavy (non-hydrogen) atoms. The van der Waals surface area contributed by atoms with Gasteiger partial charge in [0.2, 0.25) is 0 Å². The van der Waals surface area contributed by atoms with E-state index in [2.05, 4.69) is 4.98 Å². The first-order chi connectivity index (χ1) is 15.2. The van der Waals surface area contributed by atoms with Gasteiger partial charge < -0.3 is 9.64 Å². The van der Waals surface area contributed by atoms with Crippen molar-refractivity contribution in [2.24, 2.45) is 0 Å². The molecule has 3 rings (SSSR count). The molecule has 0 saturated heterocycles. The monoisotopic (exact) mass is 460 g/mol. The second-order valence-electron chi connectivity index (χ2n) is 7.13. The van der Waals surface area contributed by atoms with Gasteiger partial charge in [0, 0.05) is 29.3 Å². The molecule has 0 bridgehead atoms. The van der Waals surface area contributed by atoms with Crippen LogP contribution in [0.5, 0.6) is 0 Å². The van der Waals surface area contributed by atoms with Gasteiger partial charge in [0.1, 0.15) is 5.01 Å². The largest absolute Gasteiger partial charge is 0.463 e. The van der Waals surface area contributed by atoms with Crippen LogP contribution in [0.1, 0.15) is 28.6 Å². The Hall–Kier alpha value is -3.13. The number of carbonyl (C=O) groups excluding carboxylic acids is 1. The zero-order chi connectivity index (χ0) is 23.3. The number of aryl methyl sites for hydroxylation is 1. The third-order valence-corrected chi connectivity index (χ3v) is 5.83. The van der Waals surface area contributed by atoms with Gasteiger partial charge in [0.05, 0.1) is 24.4 Å². The van der Waals surface area contributed by atoms with Crippen LogP contribution >= 0.6 is 11.3 Å². The Kier molecular flexibility index (Phi) is 7.35. The van der Waals surface area contributed by atoms with Crippen molar-refractivity contribution in [1.29, 1.82) is 0 Å². The number of aromatic nitrogens is 1. The molecule has 0 amide bonds. The van der Waals surface area contributed by atoms with Crippen molar-refractivity contribution in [3.05, 3.63) is 76.3 Å². The van der Waals surface area contributed by atoms with E-state index in [1.54, 1.807) is 13.0 Å². The predicted molar refractivity (Wildman–Crippen MR) is 122 cm³/mol. The highest BCUT2D eigenvalue weighted by Crippen LogP contribution is 2.33. The molecule has 168 valence electrons. The number of benzene rings is 2. The van der Waals surface area contributed by atoms with Crippen LogP contribution < -0.4 is 4.90 Å². The maximum absolute atomic E-state index is 12.8. The standard InChI is InChI=1S/C24H23F3N2O2S/c1-4-31-22(30)14-7-17-5-12-20(13-6-17)29(3)15-21-16(2)32-23(28-21)18-8-10-19(11-9-18)24(25,26)27/h5-14H,4,15H2,1-3H3/b14-7+. The molecule has 0 atom stereocenters. The minimum absolute atomic E-state index is 0.337. The fraction of sp³-hybridized carbons (Fsp3) is 0.250. The molecule has 2 aromatic carbocycles. The first-order valence-electron chi connectivity index (χ1n) is 9.97. The van der Waals surface area contributed by atoms with Gasteiger partial charge in [0.25, 0.3) is 0 Å². The van der Waals surface area contributed by atoms with Gasteiger partial charge in [-0.25, -0.2) is 9.78 Å². The van der Waals surface area contributed by atoms with Crippen molar-refractivity contribution in [3.63, 3.8) is 0 Å². The Balaban J connectivity index is 1.68. The van der Waals surface area contributed by atoms with Crippen molar-refractivity contribution in [3.8, 4) is 10.6 Å². The van der Waals surface area contributed by atoms with Crippen LogP contribution in [-0.4, -0.2) is 24.6 Å². The summed E-state index contributed by atoms with van der Waals surface area (Å²) in [6.07, 6.45) is -1.26. The Bertz CT molecular complexity index is 1090. The molecule has 0 aliphatic carbocycles. The lowest BCUT2D eigenvalue weighted by Gasteiger charge is -2.18. The van der Waals surface area contributed by atoms with Crippen LogP contribution in [0.25, 0.3) is 16.6 Å². The zero-order valence-electron chi connectivity index (χ0n) is 17.9. The van der Waals surface area contributed by atoms with E-state index in [-0.39, 0.29) is 5.97 Å². The number of carbonyl (C=O) groups is 1. The summed E-state index contributed by atoms with van der Waals surface area (Å²) in [6, 6.07) is 12.8. The van der Waals surface area contributed by atoms with E-state index in [9.17, 15) is 18.0 Å².